The van der Waals surface area contributed by atoms with Gasteiger partial charge in [-0.1, -0.05) is 0 Å². The molecule has 4 rings (SSSR count). The third-order valence-corrected chi connectivity index (χ3v) is 5.67. The van der Waals surface area contributed by atoms with Gasteiger partial charge < -0.3 is 15.0 Å². The van der Waals surface area contributed by atoms with Crippen molar-refractivity contribution in [1.82, 2.24) is 5.32 Å². The SMILES string of the molecule is CC(=O)NC[C@H]1CN(c2ccc(N3C4CCCC3CC4)c(F)c2)C(=O)O1. The maximum absolute atomic E-state index is 14.9. The summed E-state index contributed by atoms with van der Waals surface area (Å²) in [6, 6.07) is 5.87. The third kappa shape index (κ3) is 3.10. The number of nitrogens with one attached hydrogen (secondary N) is 1. The van der Waals surface area contributed by atoms with E-state index in [1.54, 1.807) is 12.1 Å². The number of rotatable bonds is 4. The van der Waals surface area contributed by atoms with Crippen LogP contribution in [-0.4, -0.2) is 43.3 Å². The minimum Gasteiger partial charge on any atom is -0.442 e. The summed E-state index contributed by atoms with van der Waals surface area (Å²) in [6.07, 6.45) is 4.81. The molecule has 3 fully saturated rings. The molecule has 3 aliphatic heterocycles. The monoisotopic (exact) mass is 361 g/mol. The van der Waals surface area contributed by atoms with Gasteiger partial charge in [-0.25, -0.2) is 9.18 Å². The lowest BCUT2D eigenvalue weighted by Crippen LogP contribution is -2.40. The number of hydrogen-bond donors (Lipinski definition) is 1. The molecular formula is C19H24FN3O3. The van der Waals surface area contributed by atoms with Crippen molar-refractivity contribution >= 4 is 23.4 Å². The fourth-order valence-corrected chi connectivity index (χ4v) is 4.48. The zero-order valence-electron chi connectivity index (χ0n) is 14.9. The van der Waals surface area contributed by atoms with Crippen LogP contribution in [0.15, 0.2) is 18.2 Å². The van der Waals surface area contributed by atoms with Gasteiger partial charge in [-0.05, 0) is 50.3 Å². The molecule has 3 atom stereocenters. The maximum Gasteiger partial charge on any atom is 0.414 e. The highest BCUT2D eigenvalue weighted by molar-refractivity contribution is 5.90. The van der Waals surface area contributed by atoms with Crippen LogP contribution in [-0.2, 0) is 9.53 Å². The van der Waals surface area contributed by atoms with Crippen LogP contribution in [0.3, 0.4) is 0 Å². The van der Waals surface area contributed by atoms with Crippen LogP contribution < -0.4 is 15.1 Å². The molecule has 26 heavy (non-hydrogen) atoms. The highest BCUT2D eigenvalue weighted by Crippen LogP contribution is 2.41. The topological polar surface area (TPSA) is 61.9 Å². The average molecular weight is 361 g/mol. The summed E-state index contributed by atoms with van der Waals surface area (Å²) >= 11 is 0. The van der Waals surface area contributed by atoms with Crippen molar-refractivity contribution in [2.45, 2.75) is 57.2 Å². The molecule has 0 radical (unpaired) electrons. The van der Waals surface area contributed by atoms with E-state index in [1.165, 1.54) is 24.3 Å². The first-order chi connectivity index (χ1) is 12.5. The summed E-state index contributed by atoms with van der Waals surface area (Å²) in [4.78, 5) is 26.8. The number of hydrogen-bond acceptors (Lipinski definition) is 4. The molecule has 1 N–H and O–H groups in total. The second kappa shape index (κ2) is 6.78. The number of cyclic esters (lactones) is 1. The largest absolute Gasteiger partial charge is 0.442 e. The van der Waals surface area contributed by atoms with Crippen LogP contribution in [0.25, 0.3) is 0 Å². The molecule has 0 aromatic heterocycles. The fraction of sp³-hybridized carbons (Fsp3) is 0.579. The first kappa shape index (κ1) is 17.1. The van der Waals surface area contributed by atoms with E-state index in [1.807, 2.05) is 0 Å². The Hall–Kier alpha value is -2.31. The van der Waals surface area contributed by atoms with E-state index < -0.39 is 12.2 Å². The minimum atomic E-state index is -0.509. The summed E-state index contributed by atoms with van der Waals surface area (Å²) in [6.45, 7) is 1.97. The van der Waals surface area contributed by atoms with Gasteiger partial charge in [-0.3, -0.25) is 9.69 Å². The quantitative estimate of drug-likeness (QED) is 0.896. The van der Waals surface area contributed by atoms with Gasteiger partial charge in [0.2, 0.25) is 5.91 Å². The summed E-state index contributed by atoms with van der Waals surface area (Å²) < 4.78 is 20.1. The van der Waals surface area contributed by atoms with E-state index in [2.05, 4.69) is 10.2 Å². The third-order valence-electron chi connectivity index (χ3n) is 5.67. The molecule has 3 saturated heterocycles. The number of benzene rings is 1. The normalized spacial score (nSPS) is 27.6. The van der Waals surface area contributed by atoms with Crippen LogP contribution in [0.1, 0.15) is 39.0 Å². The summed E-state index contributed by atoms with van der Waals surface area (Å²) in [5.74, 6) is -0.467. The lowest BCUT2D eigenvalue weighted by Gasteiger charge is -2.37. The Morgan fingerprint density at radius 1 is 1.27 bits per heavy atom. The molecule has 0 saturated carbocycles. The molecule has 140 valence electrons. The van der Waals surface area contributed by atoms with Crippen LogP contribution in [0.2, 0.25) is 0 Å². The van der Waals surface area contributed by atoms with E-state index in [4.69, 9.17) is 4.74 Å². The number of fused-ring (bicyclic) bond motifs is 2. The second-order valence-electron chi connectivity index (χ2n) is 7.41. The highest BCUT2D eigenvalue weighted by atomic mass is 19.1. The standard InChI is InChI=1S/C19H24FN3O3/c1-12(24)21-10-16-11-22(19(25)26-16)15-7-8-18(17(20)9-15)23-13-3-2-4-14(23)6-5-13/h7-9,13-14,16H,2-6,10-11H2,1H3,(H,21,24)/t13?,14?,16-/m0/s1. The van der Waals surface area contributed by atoms with Gasteiger partial charge in [-0.2, -0.15) is 0 Å². The zero-order chi connectivity index (χ0) is 18.3. The van der Waals surface area contributed by atoms with Crippen LogP contribution in [0, 0.1) is 5.82 Å². The van der Waals surface area contributed by atoms with Crippen molar-refractivity contribution in [3.05, 3.63) is 24.0 Å². The molecule has 3 aliphatic rings. The van der Waals surface area contributed by atoms with Crippen molar-refractivity contribution in [3.8, 4) is 0 Å². The second-order valence-corrected chi connectivity index (χ2v) is 7.41. The van der Waals surface area contributed by atoms with Crippen molar-refractivity contribution in [2.75, 3.05) is 22.9 Å². The molecular weight excluding hydrogens is 337 g/mol. The molecule has 6 nitrogen and oxygen atoms in total. The van der Waals surface area contributed by atoms with Gasteiger partial charge in [-0.15, -0.1) is 0 Å². The number of carbonyl (C=O) groups is 2. The lowest BCUT2D eigenvalue weighted by atomic mass is 10.0. The van der Waals surface area contributed by atoms with E-state index in [0.717, 1.165) is 25.7 Å². The predicted molar refractivity (Wildman–Crippen MR) is 95.8 cm³/mol. The Labute approximate surface area is 152 Å². The Morgan fingerprint density at radius 2 is 2.00 bits per heavy atom. The molecule has 0 aliphatic carbocycles. The number of amides is 2. The van der Waals surface area contributed by atoms with Gasteiger partial charge in [0.25, 0.3) is 0 Å². The van der Waals surface area contributed by atoms with E-state index >= 15 is 0 Å². The molecule has 2 amide bonds. The Morgan fingerprint density at radius 3 is 2.65 bits per heavy atom. The molecule has 7 heteroatoms. The maximum atomic E-state index is 14.9. The zero-order valence-corrected chi connectivity index (χ0v) is 14.9. The number of ether oxygens (including phenoxy) is 1. The lowest BCUT2D eigenvalue weighted by molar-refractivity contribution is -0.119. The molecule has 1 aromatic carbocycles. The summed E-state index contributed by atoms with van der Waals surface area (Å²) in [5, 5.41) is 2.64. The van der Waals surface area contributed by atoms with Gasteiger partial charge in [0.05, 0.1) is 24.5 Å². The fourth-order valence-electron chi connectivity index (χ4n) is 4.48. The smallest absolute Gasteiger partial charge is 0.414 e. The average Bonchev–Trinajstić information content (AvgIpc) is 3.09. The number of piperidine rings is 1. The van der Waals surface area contributed by atoms with Crippen LogP contribution >= 0.6 is 0 Å². The molecule has 2 bridgehead atoms. The predicted octanol–water partition coefficient (Wildman–Crippen LogP) is 2.81. The van der Waals surface area contributed by atoms with E-state index in [0.29, 0.717) is 30.0 Å². The van der Waals surface area contributed by atoms with E-state index in [9.17, 15) is 14.0 Å². The van der Waals surface area contributed by atoms with Crippen molar-refractivity contribution < 1.29 is 18.7 Å². The number of nitrogens with zero attached hydrogens (tertiary/aromatic N) is 2. The Balaban J connectivity index is 1.49. The summed E-state index contributed by atoms with van der Waals surface area (Å²) in [7, 11) is 0. The van der Waals surface area contributed by atoms with Crippen molar-refractivity contribution in [2.24, 2.45) is 0 Å². The van der Waals surface area contributed by atoms with Crippen LogP contribution in [0.4, 0.5) is 20.6 Å². The van der Waals surface area contributed by atoms with Gasteiger partial charge >= 0.3 is 6.09 Å². The molecule has 2 unspecified atom stereocenters. The van der Waals surface area contributed by atoms with Crippen molar-refractivity contribution in [3.63, 3.8) is 0 Å². The number of anilines is 2. The van der Waals surface area contributed by atoms with Gasteiger partial charge in [0, 0.05) is 19.0 Å². The minimum absolute atomic E-state index is 0.175. The van der Waals surface area contributed by atoms with Crippen molar-refractivity contribution in [1.29, 1.82) is 0 Å². The number of halogens is 1. The summed E-state index contributed by atoms with van der Waals surface area (Å²) in [5.41, 5.74) is 1.13. The van der Waals surface area contributed by atoms with Gasteiger partial charge in [0.1, 0.15) is 11.9 Å². The molecule has 1 aromatic rings. The Kier molecular flexibility index (Phi) is 4.46. The van der Waals surface area contributed by atoms with Crippen LogP contribution in [0.5, 0.6) is 0 Å². The van der Waals surface area contributed by atoms with Gasteiger partial charge in [0.15, 0.2) is 0 Å². The highest BCUT2D eigenvalue weighted by Gasteiger charge is 2.38. The first-order valence-corrected chi connectivity index (χ1v) is 9.33. The first-order valence-electron chi connectivity index (χ1n) is 9.33. The molecule has 3 heterocycles. The molecule has 0 spiro atoms. The Bertz CT molecular complexity index is 710. The number of carbonyl (C=O) groups excluding carboxylic acids is 2. The van der Waals surface area contributed by atoms with E-state index in [-0.39, 0.29) is 18.3 Å².